The van der Waals surface area contributed by atoms with Crippen molar-refractivity contribution in [3.63, 3.8) is 0 Å². The Kier molecular flexibility index (Phi) is 9.46. The zero-order chi connectivity index (χ0) is 21.9. The molecule has 2 aliphatic rings. The average Bonchev–Trinajstić information content (AvgIpc) is 3.22. The van der Waals surface area contributed by atoms with E-state index in [1.807, 2.05) is 17.0 Å². The first-order valence-electron chi connectivity index (χ1n) is 11.9. The summed E-state index contributed by atoms with van der Waals surface area (Å²) in [5.41, 5.74) is 1.21. The van der Waals surface area contributed by atoms with Crippen molar-refractivity contribution >= 4 is 11.9 Å². The molecule has 0 aliphatic carbocycles. The highest BCUT2D eigenvalue weighted by Gasteiger charge is 2.25. The monoisotopic (exact) mass is 429 g/mol. The molecule has 2 heterocycles. The number of guanidine groups is 1. The third-order valence-electron chi connectivity index (χ3n) is 6.16. The Balaban J connectivity index is 1.63. The van der Waals surface area contributed by atoms with Gasteiger partial charge in [-0.25, -0.2) is 0 Å². The van der Waals surface area contributed by atoms with Gasteiger partial charge in [-0.15, -0.1) is 0 Å². The number of amides is 1. The minimum absolute atomic E-state index is 0.203. The number of carbonyl (C=O) groups is 1. The number of likely N-dealkylation sites (tertiary alicyclic amines) is 2. The molecule has 172 valence electrons. The van der Waals surface area contributed by atoms with Gasteiger partial charge in [0.1, 0.15) is 5.75 Å². The smallest absolute Gasteiger partial charge is 0.222 e. The van der Waals surface area contributed by atoms with E-state index >= 15 is 0 Å². The second-order valence-electron chi connectivity index (χ2n) is 8.34. The molecule has 2 saturated heterocycles. The number of carbonyl (C=O) groups excluding carboxylic acids is 1. The summed E-state index contributed by atoms with van der Waals surface area (Å²) in [5, 5.41) is 6.82. The van der Waals surface area contributed by atoms with Gasteiger partial charge in [0.15, 0.2) is 5.96 Å². The summed E-state index contributed by atoms with van der Waals surface area (Å²) in [6, 6.07) is 8.52. The lowest BCUT2D eigenvalue weighted by atomic mass is 10.0. The summed E-state index contributed by atoms with van der Waals surface area (Å²) in [6.07, 6.45) is 6.42. The molecule has 2 fully saturated rings. The van der Waals surface area contributed by atoms with Gasteiger partial charge >= 0.3 is 0 Å². The predicted octanol–water partition coefficient (Wildman–Crippen LogP) is 2.79. The fourth-order valence-corrected chi connectivity index (χ4v) is 4.52. The van der Waals surface area contributed by atoms with Gasteiger partial charge < -0.3 is 20.3 Å². The summed E-state index contributed by atoms with van der Waals surface area (Å²) in [7, 11) is 1.74. The lowest BCUT2D eigenvalue weighted by Crippen LogP contribution is -2.40. The molecule has 0 spiro atoms. The van der Waals surface area contributed by atoms with Gasteiger partial charge in [-0.05, 0) is 51.8 Å². The van der Waals surface area contributed by atoms with Crippen molar-refractivity contribution in [2.75, 3.05) is 52.9 Å². The van der Waals surface area contributed by atoms with Crippen molar-refractivity contribution < 1.29 is 9.53 Å². The molecule has 0 aromatic heterocycles. The number of nitrogens with one attached hydrogen (secondary N) is 2. The molecule has 1 aromatic rings. The summed E-state index contributed by atoms with van der Waals surface area (Å²) in [4.78, 5) is 21.2. The molecule has 7 nitrogen and oxygen atoms in total. The van der Waals surface area contributed by atoms with Crippen LogP contribution in [0.4, 0.5) is 0 Å². The van der Waals surface area contributed by atoms with Crippen LogP contribution >= 0.6 is 0 Å². The summed E-state index contributed by atoms with van der Waals surface area (Å²) in [6.45, 7) is 8.32. The molecule has 1 aromatic carbocycles. The van der Waals surface area contributed by atoms with E-state index in [2.05, 4.69) is 34.6 Å². The molecule has 2 aliphatic heterocycles. The zero-order valence-corrected chi connectivity index (χ0v) is 19.2. The Morgan fingerprint density at radius 1 is 1.13 bits per heavy atom. The highest BCUT2D eigenvalue weighted by molar-refractivity contribution is 5.80. The van der Waals surface area contributed by atoms with E-state index in [0.717, 1.165) is 63.8 Å². The number of methoxy groups -OCH3 is 1. The minimum atomic E-state index is 0.203. The van der Waals surface area contributed by atoms with Gasteiger partial charge in [-0.1, -0.05) is 24.6 Å². The summed E-state index contributed by atoms with van der Waals surface area (Å²) >= 11 is 0. The van der Waals surface area contributed by atoms with E-state index in [1.54, 1.807) is 7.11 Å². The molecule has 0 bridgehead atoms. The maximum atomic E-state index is 11.8. The van der Waals surface area contributed by atoms with Crippen LogP contribution in [0.25, 0.3) is 0 Å². The van der Waals surface area contributed by atoms with Crippen molar-refractivity contribution in [3.05, 3.63) is 29.8 Å². The highest BCUT2D eigenvalue weighted by atomic mass is 16.5. The van der Waals surface area contributed by atoms with Crippen LogP contribution in [-0.2, 0) is 4.79 Å². The normalized spacial score (nSPS) is 18.8. The topological polar surface area (TPSA) is 69.2 Å². The van der Waals surface area contributed by atoms with Crippen molar-refractivity contribution in [2.24, 2.45) is 4.99 Å². The number of para-hydroxylation sites is 1. The molecule has 0 saturated carbocycles. The Morgan fingerprint density at radius 3 is 2.65 bits per heavy atom. The van der Waals surface area contributed by atoms with Crippen LogP contribution in [0.1, 0.15) is 57.1 Å². The van der Waals surface area contributed by atoms with Gasteiger partial charge in [0, 0.05) is 38.2 Å². The Hall–Kier alpha value is -2.28. The third kappa shape index (κ3) is 6.86. The van der Waals surface area contributed by atoms with Crippen molar-refractivity contribution in [1.82, 2.24) is 20.4 Å². The Labute approximate surface area is 187 Å². The van der Waals surface area contributed by atoms with E-state index in [-0.39, 0.29) is 6.04 Å². The predicted molar refractivity (Wildman–Crippen MR) is 126 cm³/mol. The molecule has 2 N–H and O–H groups in total. The molecule has 1 unspecified atom stereocenters. The molecular formula is C24H39N5O2. The molecule has 1 amide bonds. The van der Waals surface area contributed by atoms with E-state index < -0.39 is 0 Å². The molecule has 1 atom stereocenters. The van der Waals surface area contributed by atoms with E-state index in [1.165, 1.54) is 24.8 Å². The number of aliphatic imine (C=N–C) groups is 1. The van der Waals surface area contributed by atoms with Gasteiger partial charge in [0.2, 0.25) is 5.91 Å². The largest absolute Gasteiger partial charge is 0.496 e. The summed E-state index contributed by atoms with van der Waals surface area (Å²) in [5.74, 6) is 2.07. The average molecular weight is 430 g/mol. The van der Waals surface area contributed by atoms with Crippen molar-refractivity contribution in [2.45, 2.75) is 51.5 Å². The second kappa shape index (κ2) is 12.5. The number of rotatable bonds is 10. The highest BCUT2D eigenvalue weighted by Crippen LogP contribution is 2.31. The van der Waals surface area contributed by atoms with Gasteiger partial charge in [0.25, 0.3) is 0 Å². The molecule has 3 rings (SSSR count). The molecule has 7 heteroatoms. The maximum absolute atomic E-state index is 11.8. The number of ether oxygens (including phenoxy) is 1. The summed E-state index contributed by atoms with van der Waals surface area (Å²) < 4.78 is 5.67. The first-order valence-corrected chi connectivity index (χ1v) is 11.9. The van der Waals surface area contributed by atoms with Crippen LogP contribution in [0, 0.1) is 0 Å². The lowest BCUT2D eigenvalue weighted by molar-refractivity contribution is -0.127. The molecule has 31 heavy (non-hydrogen) atoms. The quantitative estimate of drug-likeness (QED) is 0.340. The van der Waals surface area contributed by atoms with Crippen LogP contribution < -0.4 is 15.4 Å². The maximum Gasteiger partial charge on any atom is 0.222 e. The lowest BCUT2D eigenvalue weighted by Gasteiger charge is -2.34. The second-order valence-corrected chi connectivity index (χ2v) is 8.34. The number of hydrogen-bond acceptors (Lipinski definition) is 4. The van der Waals surface area contributed by atoms with Crippen LogP contribution in [0.3, 0.4) is 0 Å². The van der Waals surface area contributed by atoms with Crippen molar-refractivity contribution in [1.29, 1.82) is 0 Å². The zero-order valence-electron chi connectivity index (χ0n) is 19.2. The van der Waals surface area contributed by atoms with Crippen LogP contribution in [0.15, 0.2) is 29.3 Å². The minimum Gasteiger partial charge on any atom is -0.496 e. The fraction of sp³-hybridized carbons (Fsp3) is 0.667. The first-order chi connectivity index (χ1) is 15.2. The Bertz CT molecular complexity index is 718. The van der Waals surface area contributed by atoms with E-state index in [0.29, 0.717) is 18.9 Å². The fourth-order valence-electron chi connectivity index (χ4n) is 4.52. The molecule has 0 radical (unpaired) electrons. The van der Waals surface area contributed by atoms with Gasteiger partial charge in [-0.2, -0.15) is 0 Å². The Morgan fingerprint density at radius 2 is 1.94 bits per heavy atom. The standard InChI is InChI=1S/C24H39N5O2/c1-3-25-24(26-14-10-18-29-17-9-13-23(29)30)27-19-21(28-15-7-4-8-16-28)20-11-5-6-12-22(20)31-2/h5-6,11-12,21H,3-4,7-10,13-19H2,1-2H3,(H2,25,26,27). The molecular weight excluding hydrogens is 390 g/mol. The first kappa shape index (κ1) is 23.4. The van der Waals surface area contributed by atoms with E-state index in [4.69, 9.17) is 9.73 Å². The van der Waals surface area contributed by atoms with Crippen LogP contribution in [-0.4, -0.2) is 74.6 Å². The van der Waals surface area contributed by atoms with Gasteiger partial charge in [-0.3, -0.25) is 14.7 Å². The number of piperidine rings is 1. The van der Waals surface area contributed by atoms with Crippen LogP contribution in [0.2, 0.25) is 0 Å². The van der Waals surface area contributed by atoms with Crippen molar-refractivity contribution in [3.8, 4) is 5.75 Å². The van der Waals surface area contributed by atoms with Gasteiger partial charge in [0.05, 0.1) is 19.7 Å². The SMILES string of the molecule is CCNC(=NCC(c1ccccc1OC)N1CCCCC1)NCCCN1CCCC1=O. The number of nitrogens with zero attached hydrogens (tertiary/aromatic N) is 3. The van der Waals surface area contributed by atoms with Crippen LogP contribution in [0.5, 0.6) is 5.75 Å². The third-order valence-corrected chi connectivity index (χ3v) is 6.16. The number of benzene rings is 1. The van der Waals surface area contributed by atoms with E-state index in [9.17, 15) is 4.79 Å². The number of hydrogen-bond donors (Lipinski definition) is 2.